The summed E-state index contributed by atoms with van der Waals surface area (Å²) in [4.78, 5) is 22.0. The lowest BCUT2D eigenvalue weighted by Gasteiger charge is -1.94. The van der Waals surface area contributed by atoms with Gasteiger partial charge in [0, 0.05) is 12.6 Å². The fourth-order valence-corrected chi connectivity index (χ4v) is 1.64. The molecule has 1 aromatic heterocycles. The minimum Gasteiger partial charge on any atom is -0.287 e. The van der Waals surface area contributed by atoms with Crippen LogP contribution in [0.4, 0.5) is 10.1 Å². The van der Waals surface area contributed by atoms with Gasteiger partial charge in [-0.15, -0.1) is 0 Å². The Labute approximate surface area is 113 Å². The van der Waals surface area contributed by atoms with Gasteiger partial charge in [0.2, 0.25) is 11.5 Å². The lowest BCUT2D eigenvalue weighted by Crippen LogP contribution is -2.01. The Bertz CT molecular complexity index is 707. The predicted molar refractivity (Wildman–Crippen MR) is 69.6 cm³/mol. The zero-order valence-electron chi connectivity index (χ0n) is 10.5. The third-order valence-corrected chi connectivity index (χ3v) is 2.56. The molecule has 102 valence electrons. The molecular formula is C13H10FN3O3. The molecule has 1 aromatic carbocycles. The molecule has 0 unspecified atom stereocenters. The van der Waals surface area contributed by atoms with Crippen molar-refractivity contribution in [2.24, 2.45) is 7.05 Å². The van der Waals surface area contributed by atoms with Crippen LogP contribution in [0.25, 0.3) is 6.08 Å². The first-order valence-electron chi connectivity index (χ1n) is 5.64. The van der Waals surface area contributed by atoms with Gasteiger partial charge in [0.15, 0.2) is 0 Å². The summed E-state index contributed by atoms with van der Waals surface area (Å²) in [6.45, 7) is 0. The zero-order valence-corrected chi connectivity index (χ0v) is 10.5. The van der Waals surface area contributed by atoms with Crippen molar-refractivity contribution in [2.45, 2.75) is 0 Å². The number of ketones is 1. The molecule has 6 nitrogen and oxygen atoms in total. The van der Waals surface area contributed by atoms with Crippen molar-refractivity contribution < 1.29 is 14.1 Å². The van der Waals surface area contributed by atoms with Gasteiger partial charge < -0.3 is 0 Å². The number of carbonyl (C=O) groups excluding carboxylic acids is 1. The molecule has 0 atom stereocenters. The second kappa shape index (κ2) is 5.43. The Morgan fingerprint density at radius 1 is 1.45 bits per heavy atom. The van der Waals surface area contributed by atoms with Crippen LogP contribution >= 0.6 is 0 Å². The van der Waals surface area contributed by atoms with E-state index < -0.39 is 16.5 Å². The number of halogens is 1. The van der Waals surface area contributed by atoms with Crippen LogP contribution in [0.1, 0.15) is 16.1 Å². The number of hydrogen-bond donors (Lipinski definition) is 0. The number of hydrogen-bond acceptors (Lipinski definition) is 4. The second-order valence-corrected chi connectivity index (χ2v) is 4.01. The topological polar surface area (TPSA) is 78.0 Å². The Kier molecular flexibility index (Phi) is 3.69. The maximum absolute atomic E-state index is 13.4. The van der Waals surface area contributed by atoms with Crippen LogP contribution in [-0.2, 0) is 7.05 Å². The van der Waals surface area contributed by atoms with E-state index in [2.05, 4.69) is 5.10 Å². The molecule has 0 radical (unpaired) electrons. The van der Waals surface area contributed by atoms with E-state index >= 15 is 0 Å². The summed E-state index contributed by atoms with van der Waals surface area (Å²) >= 11 is 0. The molecule has 0 aliphatic carbocycles. The highest BCUT2D eigenvalue weighted by Gasteiger charge is 2.22. The molecule has 0 saturated carbocycles. The number of aryl methyl sites for hydroxylation is 1. The molecule has 0 bridgehead atoms. The highest BCUT2D eigenvalue weighted by molar-refractivity contribution is 6.07. The SMILES string of the molecule is Cn1cc([N+](=O)[O-])c(C(=O)/C=C/c2ccccc2F)n1. The zero-order chi connectivity index (χ0) is 14.7. The molecule has 0 fully saturated rings. The Morgan fingerprint density at radius 2 is 2.15 bits per heavy atom. The fourth-order valence-electron chi connectivity index (χ4n) is 1.64. The number of benzene rings is 1. The maximum Gasteiger partial charge on any atom is 0.318 e. The van der Waals surface area contributed by atoms with E-state index in [1.54, 1.807) is 6.07 Å². The van der Waals surface area contributed by atoms with Crippen molar-refractivity contribution in [3.63, 3.8) is 0 Å². The van der Waals surface area contributed by atoms with Gasteiger partial charge in [0.05, 0.1) is 4.92 Å². The van der Waals surface area contributed by atoms with Gasteiger partial charge in [-0.25, -0.2) is 4.39 Å². The highest BCUT2D eigenvalue weighted by atomic mass is 19.1. The number of nitro groups is 1. The van der Waals surface area contributed by atoms with E-state index in [1.165, 1.54) is 36.0 Å². The van der Waals surface area contributed by atoms with Crippen LogP contribution in [0.5, 0.6) is 0 Å². The lowest BCUT2D eigenvalue weighted by molar-refractivity contribution is -0.385. The summed E-state index contributed by atoms with van der Waals surface area (Å²) in [6.07, 6.45) is 3.47. The number of allylic oxidation sites excluding steroid dienone is 1. The van der Waals surface area contributed by atoms with Crippen LogP contribution in [0.15, 0.2) is 36.5 Å². The summed E-state index contributed by atoms with van der Waals surface area (Å²) in [6, 6.07) is 5.90. The quantitative estimate of drug-likeness (QED) is 0.371. The third-order valence-electron chi connectivity index (χ3n) is 2.56. The van der Waals surface area contributed by atoms with Crippen LogP contribution in [0.3, 0.4) is 0 Å². The van der Waals surface area contributed by atoms with Crippen molar-refractivity contribution >= 4 is 17.5 Å². The van der Waals surface area contributed by atoms with Gasteiger partial charge in [0.1, 0.15) is 12.0 Å². The fraction of sp³-hybridized carbons (Fsp3) is 0.0769. The lowest BCUT2D eigenvalue weighted by atomic mass is 10.1. The van der Waals surface area contributed by atoms with Crippen molar-refractivity contribution in [3.8, 4) is 0 Å². The summed E-state index contributed by atoms with van der Waals surface area (Å²) < 4.78 is 14.5. The first-order chi connectivity index (χ1) is 9.49. The molecule has 0 N–H and O–H groups in total. The van der Waals surface area contributed by atoms with Crippen molar-refractivity contribution in [1.29, 1.82) is 0 Å². The van der Waals surface area contributed by atoms with E-state index in [4.69, 9.17) is 0 Å². The smallest absolute Gasteiger partial charge is 0.287 e. The van der Waals surface area contributed by atoms with E-state index in [0.29, 0.717) is 0 Å². The van der Waals surface area contributed by atoms with Gasteiger partial charge in [-0.1, -0.05) is 18.2 Å². The molecule has 0 amide bonds. The minimum absolute atomic E-state index is 0.222. The standard InChI is InChI=1S/C13H10FN3O3/c1-16-8-11(17(19)20)13(15-16)12(18)7-6-9-4-2-3-5-10(9)14/h2-8H,1H3/b7-6+. The molecule has 20 heavy (non-hydrogen) atoms. The van der Waals surface area contributed by atoms with Gasteiger partial charge in [-0.05, 0) is 18.2 Å². The molecule has 2 rings (SSSR count). The average molecular weight is 275 g/mol. The Hall–Kier alpha value is -2.83. The largest absolute Gasteiger partial charge is 0.318 e. The molecule has 2 aromatic rings. The van der Waals surface area contributed by atoms with Crippen molar-refractivity contribution in [3.05, 3.63) is 63.7 Å². The monoisotopic (exact) mass is 275 g/mol. The number of rotatable bonds is 4. The molecule has 0 spiro atoms. The predicted octanol–water partition coefficient (Wildman–Crippen LogP) is 2.36. The van der Waals surface area contributed by atoms with Gasteiger partial charge >= 0.3 is 5.69 Å². The summed E-state index contributed by atoms with van der Waals surface area (Å²) in [5.41, 5.74) is -0.430. The van der Waals surface area contributed by atoms with Gasteiger partial charge in [-0.3, -0.25) is 19.6 Å². The number of aromatic nitrogens is 2. The van der Waals surface area contributed by atoms with E-state index in [1.807, 2.05) is 0 Å². The molecule has 0 aliphatic heterocycles. The van der Waals surface area contributed by atoms with Crippen LogP contribution < -0.4 is 0 Å². The normalized spacial score (nSPS) is 10.9. The van der Waals surface area contributed by atoms with Crippen molar-refractivity contribution in [2.75, 3.05) is 0 Å². The molecule has 1 heterocycles. The molecule has 7 heteroatoms. The van der Waals surface area contributed by atoms with Crippen molar-refractivity contribution in [1.82, 2.24) is 9.78 Å². The summed E-state index contributed by atoms with van der Waals surface area (Å²) in [5, 5.41) is 14.5. The number of carbonyl (C=O) groups is 1. The Balaban J connectivity index is 2.29. The van der Waals surface area contributed by atoms with E-state index in [-0.39, 0.29) is 16.9 Å². The summed E-state index contributed by atoms with van der Waals surface area (Å²) in [7, 11) is 1.48. The van der Waals surface area contributed by atoms with Gasteiger partial charge in [-0.2, -0.15) is 5.10 Å². The second-order valence-electron chi connectivity index (χ2n) is 4.01. The van der Waals surface area contributed by atoms with E-state index in [9.17, 15) is 19.3 Å². The first kappa shape index (κ1) is 13.6. The maximum atomic E-state index is 13.4. The highest BCUT2D eigenvalue weighted by Crippen LogP contribution is 2.17. The summed E-state index contributed by atoms with van der Waals surface area (Å²) in [5.74, 6) is -1.13. The third kappa shape index (κ3) is 2.77. The molecular weight excluding hydrogens is 265 g/mol. The number of nitrogens with zero attached hydrogens (tertiary/aromatic N) is 3. The molecule has 0 saturated heterocycles. The van der Waals surface area contributed by atoms with Crippen LogP contribution in [-0.4, -0.2) is 20.5 Å². The molecule has 0 aliphatic rings. The Morgan fingerprint density at radius 3 is 2.80 bits per heavy atom. The van der Waals surface area contributed by atoms with Crippen LogP contribution in [0.2, 0.25) is 0 Å². The minimum atomic E-state index is -0.683. The van der Waals surface area contributed by atoms with Crippen LogP contribution in [0, 0.1) is 15.9 Å². The van der Waals surface area contributed by atoms with E-state index in [0.717, 1.165) is 12.3 Å². The first-order valence-corrected chi connectivity index (χ1v) is 5.64. The average Bonchev–Trinajstić information content (AvgIpc) is 2.80. The van der Waals surface area contributed by atoms with Gasteiger partial charge in [0.25, 0.3) is 0 Å².